The van der Waals surface area contributed by atoms with E-state index in [0.29, 0.717) is 0 Å². The second kappa shape index (κ2) is 7.74. The number of fused-ring (bicyclic) bond motifs is 2. The van der Waals surface area contributed by atoms with E-state index in [0.717, 1.165) is 41.9 Å². The van der Waals surface area contributed by atoms with Crippen LogP contribution in [0.4, 0.5) is 0 Å². The van der Waals surface area contributed by atoms with E-state index in [1.807, 2.05) is 25.1 Å². The molecule has 2 atom stereocenters. The van der Waals surface area contributed by atoms with Gasteiger partial charge in [0.25, 0.3) is 5.91 Å². The van der Waals surface area contributed by atoms with E-state index in [2.05, 4.69) is 44.3 Å². The Bertz CT molecular complexity index is 918. The molecular formula is C25H31NO3. The van der Waals surface area contributed by atoms with Gasteiger partial charge in [-0.1, -0.05) is 23.8 Å². The Kier molecular flexibility index (Phi) is 5.28. The number of hydrogen-bond acceptors (Lipinski definition) is 3. The maximum atomic E-state index is 12.9. The first-order chi connectivity index (χ1) is 13.8. The molecular weight excluding hydrogens is 362 g/mol. The zero-order valence-corrected chi connectivity index (χ0v) is 17.9. The number of carbonyl (C=O) groups excluding carboxylic acids is 1. The zero-order chi connectivity index (χ0) is 20.6. The molecule has 0 aromatic heterocycles. The summed E-state index contributed by atoms with van der Waals surface area (Å²) < 4.78 is 12.1. The molecule has 1 N–H and O–H groups in total. The highest BCUT2D eigenvalue weighted by Gasteiger charge is 2.35. The van der Waals surface area contributed by atoms with Crippen molar-refractivity contribution in [2.75, 3.05) is 0 Å². The third kappa shape index (κ3) is 4.42. The molecule has 0 bridgehead atoms. The van der Waals surface area contributed by atoms with Gasteiger partial charge in [-0.2, -0.15) is 0 Å². The van der Waals surface area contributed by atoms with Crippen molar-refractivity contribution in [3.05, 3.63) is 58.7 Å². The minimum atomic E-state index is -0.559. The molecule has 2 aromatic carbocycles. The first-order valence-electron chi connectivity index (χ1n) is 10.7. The lowest BCUT2D eigenvalue weighted by atomic mass is 9.89. The van der Waals surface area contributed by atoms with E-state index < -0.39 is 6.10 Å². The van der Waals surface area contributed by atoms with Crippen molar-refractivity contribution in [3.63, 3.8) is 0 Å². The highest BCUT2D eigenvalue weighted by Crippen LogP contribution is 2.40. The quantitative estimate of drug-likeness (QED) is 0.790. The van der Waals surface area contributed by atoms with Crippen LogP contribution in [0.15, 0.2) is 36.4 Å². The van der Waals surface area contributed by atoms with Crippen molar-refractivity contribution in [1.29, 1.82) is 0 Å². The van der Waals surface area contributed by atoms with Gasteiger partial charge >= 0.3 is 0 Å². The molecule has 1 heterocycles. The predicted octanol–water partition coefficient (Wildman–Crippen LogP) is 5.06. The largest absolute Gasteiger partial charge is 0.487 e. The summed E-state index contributed by atoms with van der Waals surface area (Å²) in [7, 11) is 0. The number of aryl methyl sites for hydroxylation is 3. The van der Waals surface area contributed by atoms with Crippen molar-refractivity contribution in [2.24, 2.45) is 0 Å². The van der Waals surface area contributed by atoms with Crippen LogP contribution in [0.5, 0.6) is 11.5 Å². The van der Waals surface area contributed by atoms with Gasteiger partial charge in [0.2, 0.25) is 0 Å². The highest BCUT2D eigenvalue weighted by atomic mass is 16.5. The number of rotatable bonds is 4. The van der Waals surface area contributed by atoms with Crippen molar-refractivity contribution in [2.45, 2.75) is 77.5 Å². The topological polar surface area (TPSA) is 47.6 Å². The average Bonchev–Trinajstić information content (AvgIpc) is 2.68. The number of amides is 1. The van der Waals surface area contributed by atoms with Crippen LogP contribution in [0.1, 0.15) is 68.3 Å². The molecule has 4 rings (SSSR count). The third-order valence-electron chi connectivity index (χ3n) is 5.94. The van der Waals surface area contributed by atoms with E-state index in [4.69, 9.17) is 9.47 Å². The number of carbonyl (C=O) groups is 1. The number of nitrogens with one attached hydrogen (secondary N) is 1. The van der Waals surface area contributed by atoms with Crippen LogP contribution in [0.2, 0.25) is 0 Å². The molecule has 2 aliphatic rings. The van der Waals surface area contributed by atoms with Crippen molar-refractivity contribution in [1.82, 2.24) is 5.32 Å². The summed E-state index contributed by atoms with van der Waals surface area (Å²) >= 11 is 0. The second-order valence-electron chi connectivity index (χ2n) is 9.07. The third-order valence-corrected chi connectivity index (χ3v) is 5.94. The molecule has 154 valence electrons. The Hall–Kier alpha value is -2.49. The monoisotopic (exact) mass is 393 g/mol. The smallest absolute Gasteiger partial charge is 0.261 e. The van der Waals surface area contributed by atoms with Crippen LogP contribution in [-0.4, -0.2) is 17.6 Å². The van der Waals surface area contributed by atoms with Gasteiger partial charge in [-0.3, -0.25) is 4.79 Å². The van der Waals surface area contributed by atoms with E-state index in [1.165, 1.54) is 24.0 Å². The molecule has 0 saturated heterocycles. The summed E-state index contributed by atoms with van der Waals surface area (Å²) in [4.78, 5) is 12.9. The van der Waals surface area contributed by atoms with Gasteiger partial charge in [0.05, 0.1) is 6.04 Å². The predicted molar refractivity (Wildman–Crippen MR) is 115 cm³/mol. The zero-order valence-electron chi connectivity index (χ0n) is 17.9. The molecule has 1 aliphatic heterocycles. The Labute approximate surface area is 173 Å². The van der Waals surface area contributed by atoms with E-state index in [1.54, 1.807) is 0 Å². The molecule has 0 spiro atoms. The number of hydrogen-bond donors (Lipinski definition) is 1. The first-order valence-corrected chi connectivity index (χ1v) is 10.7. The van der Waals surface area contributed by atoms with Crippen LogP contribution in [0.3, 0.4) is 0 Å². The van der Waals surface area contributed by atoms with Crippen molar-refractivity contribution in [3.8, 4) is 11.5 Å². The molecule has 2 unspecified atom stereocenters. The first kappa shape index (κ1) is 19.8. The van der Waals surface area contributed by atoms with E-state index >= 15 is 0 Å². The summed E-state index contributed by atoms with van der Waals surface area (Å²) in [5.74, 6) is 1.52. The highest BCUT2D eigenvalue weighted by molar-refractivity contribution is 5.81. The Balaban J connectivity index is 1.47. The molecule has 2 aromatic rings. The van der Waals surface area contributed by atoms with Gasteiger partial charge in [-0.05, 0) is 82.7 Å². The van der Waals surface area contributed by atoms with Gasteiger partial charge in [0.1, 0.15) is 17.1 Å². The SMILES string of the molecule is Cc1ccc2c(c1)C(NC(=O)C(C)Oc1ccc3c(c1)CCCC3)CC(C)(C)O2. The van der Waals surface area contributed by atoms with E-state index in [-0.39, 0.29) is 17.6 Å². The minimum absolute atomic E-state index is 0.0873. The Morgan fingerprint density at radius 2 is 1.90 bits per heavy atom. The van der Waals surface area contributed by atoms with E-state index in [9.17, 15) is 4.79 Å². The maximum absolute atomic E-state index is 12.9. The molecule has 0 fully saturated rings. The minimum Gasteiger partial charge on any atom is -0.487 e. The maximum Gasteiger partial charge on any atom is 0.261 e. The van der Waals surface area contributed by atoms with Gasteiger partial charge < -0.3 is 14.8 Å². The molecule has 0 saturated carbocycles. The molecule has 29 heavy (non-hydrogen) atoms. The summed E-state index contributed by atoms with van der Waals surface area (Å²) in [6.45, 7) is 7.99. The number of benzene rings is 2. The summed E-state index contributed by atoms with van der Waals surface area (Å²) in [5, 5.41) is 3.20. The molecule has 4 nitrogen and oxygen atoms in total. The van der Waals surface area contributed by atoms with Gasteiger partial charge in [0, 0.05) is 12.0 Å². The van der Waals surface area contributed by atoms with Crippen molar-refractivity contribution < 1.29 is 14.3 Å². The Morgan fingerprint density at radius 3 is 2.69 bits per heavy atom. The molecule has 1 aliphatic carbocycles. The molecule has 1 amide bonds. The van der Waals surface area contributed by atoms with Gasteiger partial charge in [0.15, 0.2) is 6.10 Å². The molecule has 4 heteroatoms. The van der Waals surface area contributed by atoms with Crippen LogP contribution < -0.4 is 14.8 Å². The molecule has 0 radical (unpaired) electrons. The van der Waals surface area contributed by atoms with Crippen LogP contribution in [-0.2, 0) is 17.6 Å². The summed E-state index contributed by atoms with van der Waals surface area (Å²) in [5.41, 5.74) is 4.64. The number of ether oxygens (including phenoxy) is 2. The lowest BCUT2D eigenvalue weighted by Crippen LogP contribution is -2.44. The fourth-order valence-electron chi connectivity index (χ4n) is 4.43. The fourth-order valence-corrected chi connectivity index (χ4v) is 4.43. The standard InChI is InChI=1S/C25H31NO3/c1-16-9-12-23-21(13-16)22(15-25(3,4)29-23)26-24(27)17(2)28-20-11-10-18-7-5-6-8-19(18)14-20/h9-14,17,22H,5-8,15H2,1-4H3,(H,26,27). The summed E-state index contributed by atoms with van der Waals surface area (Å²) in [6, 6.07) is 12.3. The fraction of sp³-hybridized carbons (Fsp3) is 0.480. The van der Waals surface area contributed by atoms with Gasteiger partial charge in [-0.15, -0.1) is 0 Å². The van der Waals surface area contributed by atoms with Crippen LogP contribution >= 0.6 is 0 Å². The lowest BCUT2D eigenvalue weighted by molar-refractivity contribution is -0.128. The summed E-state index contributed by atoms with van der Waals surface area (Å²) in [6.07, 6.45) is 4.89. The second-order valence-corrected chi connectivity index (χ2v) is 9.07. The van der Waals surface area contributed by atoms with Crippen molar-refractivity contribution >= 4 is 5.91 Å². The average molecular weight is 394 g/mol. The van der Waals surface area contributed by atoms with Crippen LogP contribution in [0.25, 0.3) is 0 Å². The lowest BCUT2D eigenvalue weighted by Gasteiger charge is -2.38. The normalized spacial score (nSPS) is 20.6. The van der Waals surface area contributed by atoms with Gasteiger partial charge in [-0.25, -0.2) is 0 Å². The Morgan fingerprint density at radius 1 is 1.14 bits per heavy atom. The van der Waals surface area contributed by atoms with Crippen LogP contribution in [0, 0.1) is 6.92 Å².